The lowest BCUT2D eigenvalue weighted by Gasteiger charge is -2.33. The molecule has 0 saturated carbocycles. The van der Waals surface area contributed by atoms with Crippen LogP contribution in [0.3, 0.4) is 0 Å². The Balaban J connectivity index is 0.00000200. The topological polar surface area (TPSA) is 64.2 Å². The molecule has 1 unspecified atom stereocenters. The van der Waals surface area contributed by atoms with Crippen molar-refractivity contribution in [1.82, 2.24) is 14.7 Å². The Bertz CT molecular complexity index is 388. The van der Waals surface area contributed by atoms with Gasteiger partial charge >= 0.3 is 0 Å². The lowest BCUT2D eigenvalue weighted by atomic mass is 10.0. The molecule has 1 aromatic heterocycles. The van der Waals surface area contributed by atoms with E-state index in [9.17, 15) is 4.79 Å². The Morgan fingerprint density at radius 3 is 2.70 bits per heavy atom. The monoisotopic (exact) mass is 300 g/mol. The summed E-state index contributed by atoms with van der Waals surface area (Å²) in [5.74, 6) is 0.118. The number of nitrogens with two attached hydrogens (primary N) is 1. The molecule has 114 valence electrons. The first-order chi connectivity index (χ1) is 9.22. The molecule has 1 atom stereocenters. The first-order valence-corrected chi connectivity index (χ1v) is 7.26. The lowest BCUT2D eigenvalue weighted by Crippen LogP contribution is -2.47. The molecule has 2 heterocycles. The lowest BCUT2D eigenvalue weighted by molar-refractivity contribution is -0.134. The third-order valence-electron chi connectivity index (χ3n) is 3.86. The number of amides is 1. The molecule has 1 aliphatic heterocycles. The minimum atomic E-state index is -0.318. The highest BCUT2D eigenvalue weighted by Gasteiger charge is 2.26. The Morgan fingerprint density at radius 1 is 1.45 bits per heavy atom. The van der Waals surface area contributed by atoms with Gasteiger partial charge in [-0.3, -0.25) is 9.48 Å². The first kappa shape index (κ1) is 17.0. The summed E-state index contributed by atoms with van der Waals surface area (Å²) in [5.41, 5.74) is 5.95. The summed E-state index contributed by atoms with van der Waals surface area (Å²) >= 11 is 0. The van der Waals surface area contributed by atoms with Gasteiger partial charge in [-0.2, -0.15) is 5.10 Å². The average molecular weight is 301 g/mol. The van der Waals surface area contributed by atoms with E-state index >= 15 is 0 Å². The molecule has 1 fully saturated rings. The number of likely N-dealkylation sites (tertiary alicyclic amines) is 1. The third kappa shape index (κ3) is 4.21. The number of nitrogens with zero attached hydrogens (tertiary/aromatic N) is 3. The van der Waals surface area contributed by atoms with Crippen LogP contribution >= 0.6 is 12.4 Å². The molecule has 0 aromatic carbocycles. The first-order valence-electron chi connectivity index (χ1n) is 7.26. The van der Waals surface area contributed by atoms with Crippen LogP contribution in [0.15, 0.2) is 18.5 Å². The van der Waals surface area contributed by atoms with Gasteiger partial charge in [0.2, 0.25) is 5.91 Å². The Labute approximate surface area is 126 Å². The zero-order chi connectivity index (χ0) is 13.7. The van der Waals surface area contributed by atoms with Crippen molar-refractivity contribution in [1.29, 1.82) is 0 Å². The largest absolute Gasteiger partial charge is 0.341 e. The number of carbonyl (C=O) groups is 1. The number of hydrogen-bond acceptors (Lipinski definition) is 3. The van der Waals surface area contributed by atoms with Crippen molar-refractivity contribution >= 4 is 18.3 Å². The summed E-state index contributed by atoms with van der Waals surface area (Å²) < 4.78 is 2.00. The molecule has 2 N–H and O–H groups in total. The van der Waals surface area contributed by atoms with Crippen LogP contribution in [0.4, 0.5) is 0 Å². The van der Waals surface area contributed by atoms with E-state index in [0.717, 1.165) is 45.2 Å². The SMILES string of the molecule is CCCCC(N)C(=O)N1CCC(n2cccn2)CC1.Cl. The predicted octanol–water partition coefficient (Wildman–Crippen LogP) is 1.99. The van der Waals surface area contributed by atoms with E-state index in [0.29, 0.717) is 6.04 Å². The minimum Gasteiger partial charge on any atom is -0.341 e. The maximum Gasteiger partial charge on any atom is 0.239 e. The second-order valence-corrected chi connectivity index (χ2v) is 5.29. The zero-order valence-electron chi connectivity index (χ0n) is 12.1. The molecule has 6 heteroatoms. The van der Waals surface area contributed by atoms with E-state index in [2.05, 4.69) is 12.0 Å². The van der Waals surface area contributed by atoms with Crippen molar-refractivity contribution in [3.05, 3.63) is 18.5 Å². The second kappa shape index (κ2) is 8.27. The summed E-state index contributed by atoms with van der Waals surface area (Å²) in [5, 5.41) is 4.27. The Kier molecular flexibility index (Phi) is 7.02. The number of unbranched alkanes of at least 4 members (excludes halogenated alkanes) is 1. The van der Waals surface area contributed by atoms with Crippen LogP contribution in [0.1, 0.15) is 45.1 Å². The van der Waals surface area contributed by atoms with Gasteiger partial charge in [0, 0.05) is 25.5 Å². The van der Waals surface area contributed by atoms with E-state index in [4.69, 9.17) is 5.73 Å². The molecule has 5 nitrogen and oxygen atoms in total. The van der Waals surface area contributed by atoms with Gasteiger partial charge in [0.1, 0.15) is 0 Å². The number of halogens is 1. The molecule has 0 aliphatic carbocycles. The van der Waals surface area contributed by atoms with Gasteiger partial charge in [0.05, 0.1) is 12.1 Å². The van der Waals surface area contributed by atoms with Crippen LogP contribution < -0.4 is 5.73 Å². The van der Waals surface area contributed by atoms with Crippen molar-refractivity contribution in [2.75, 3.05) is 13.1 Å². The quantitative estimate of drug-likeness (QED) is 0.904. The molecule has 1 aromatic rings. The van der Waals surface area contributed by atoms with Crippen LogP contribution in [-0.4, -0.2) is 39.7 Å². The van der Waals surface area contributed by atoms with Gasteiger partial charge in [-0.05, 0) is 25.3 Å². The Morgan fingerprint density at radius 2 is 2.15 bits per heavy atom. The molecular formula is C14H25ClN4O. The van der Waals surface area contributed by atoms with Gasteiger partial charge < -0.3 is 10.6 Å². The number of hydrogen-bond donors (Lipinski definition) is 1. The molecule has 20 heavy (non-hydrogen) atoms. The predicted molar refractivity (Wildman–Crippen MR) is 81.8 cm³/mol. The van der Waals surface area contributed by atoms with Crippen LogP contribution in [-0.2, 0) is 4.79 Å². The van der Waals surface area contributed by atoms with Gasteiger partial charge in [0.15, 0.2) is 0 Å². The standard InChI is InChI=1S/C14H24N4O.ClH/c1-2-3-5-13(15)14(19)17-10-6-12(7-11-17)18-9-4-8-16-18;/h4,8-9,12-13H,2-3,5-7,10-11,15H2,1H3;1H. The smallest absolute Gasteiger partial charge is 0.239 e. The van der Waals surface area contributed by atoms with Gasteiger partial charge in [-0.15, -0.1) is 12.4 Å². The molecule has 2 rings (SSSR count). The molecule has 0 spiro atoms. The van der Waals surface area contributed by atoms with E-state index in [1.165, 1.54) is 0 Å². The van der Waals surface area contributed by atoms with Crippen molar-refractivity contribution in [3.8, 4) is 0 Å². The molecule has 0 radical (unpaired) electrons. The van der Waals surface area contributed by atoms with Gasteiger partial charge in [-0.25, -0.2) is 0 Å². The molecule has 1 aliphatic rings. The van der Waals surface area contributed by atoms with Crippen LogP contribution in [0, 0.1) is 0 Å². The van der Waals surface area contributed by atoms with Crippen LogP contribution in [0.5, 0.6) is 0 Å². The normalized spacial score (nSPS) is 17.6. The number of carbonyl (C=O) groups excluding carboxylic acids is 1. The van der Waals surface area contributed by atoms with E-state index in [-0.39, 0.29) is 24.4 Å². The molecular weight excluding hydrogens is 276 g/mol. The maximum absolute atomic E-state index is 12.2. The van der Waals surface area contributed by atoms with Gasteiger partial charge in [-0.1, -0.05) is 19.8 Å². The fourth-order valence-corrected chi connectivity index (χ4v) is 2.63. The van der Waals surface area contributed by atoms with Crippen molar-refractivity contribution in [3.63, 3.8) is 0 Å². The molecule has 0 bridgehead atoms. The molecule has 1 amide bonds. The third-order valence-corrected chi connectivity index (χ3v) is 3.86. The van der Waals surface area contributed by atoms with Crippen LogP contribution in [0.25, 0.3) is 0 Å². The zero-order valence-corrected chi connectivity index (χ0v) is 12.9. The number of piperidine rings is 1. The van der Waals surface area contributed by atoms with E-state index in [1.54, 1.807) is 6.20 Å². The summed E-state index contributed by atoms with van der Waals surface area (Å²) in [4.78, 5) is 14.1. The fraction of sp³-hybridized carbons (Fsp3) is 0.714. The average Bonchev–Trinajstić information content (AvgIpc) is 2.98. The van der Waals surface area contributed by atoms with E-state index < -0.39 is 0 Å². The summed E-state index contributed by atoms with van der Waals surface area (Å²) in [6.07, 6.45) is 8.64. The summed E-state index contributed by atoms with van der Waals surface area (Å²) in [7, 11) is 0. The maximum atomic E-state index is 12.2. The fourth-order valence-electron chi connectivity index (χ4n) is 2.63. The van der Waals surface area contributed by atoms with Crippen molar-refractivity contribution < 1.29 is 4.79 Å². The summed E-state index contributed by atoms with van der Waals surface area (Å²) in [6.45, 7) is 3.71. The van der Waals surface area contributed by atoms with Crippen molar-refractivity contribution in [2.45, 2.75) is 51.1 Å². The highest BCUT2D eigenvalue weighted by molar-refractivity contribution is 5.85. The number of aromatic nitrogens is 2. The highest BCUT2D eigenvalue weighted by atomic mass is 35.5. The van der Waals surface area contributed by atoms with Crippen LogP contribution in [0.2, 0.25) is 0 Å². The van der Waals surface area contributed by atoms with Crippen molar-refractivity contribution in [2.24, 2.45) is 5.73 Å². The number of rotatable bonds is 5. The highest BCUT2D eigenvalue weighted by Crippen LogP contribution is 2.22. The minimum absolute atomic E-state index is 0. The second-order valence-electron chi connectivity index (χ2n) is 5.29. The molecule has 1 saturated heterocycles. The van der Waals surface area contributed by atoms with E-state index in [1.807, 2.05) is 21.8 Å². The van der Waals surface area contributed by atoms with Gasteiger partial charge in [0.25, 0.3) is 0 Å². The summed E-state index contributed by atoms with van der Waals surface area (Å²) in [6, 6.07) is 2.05. The Hall–Kier alpha value is -1.07.